The molecule has 0 saturated heterocycles. The van der Waals surface area contributed by atoms with Crippen molar-refractivity contribution in [2.24, 2.45) is 5.92 Å². The van der Waals surface area contributed by atoms with Crippen molar-refractivity contribution >= 4 is 14.1 Å². The largest absolute Gasteiger partial charge is 0.417 e. The van der Waals surface area contributed by atoms with E-state index < -0.39 is 8.32 Å². The Morgan fingerprint density at radius 1 is 1.50 bits per heavy atom. The van der Waals surface area contributed by atoms with E-state index in [1.165, 1.54) is 18.9 Å². The molecule has 16 heavy (non-hydrogen) atoms. The van der Waals surface area contributed by atoms with Crippen LogP contribution in [0.5, 0.6) is 0 Å². The molecule has 2 nitrogen and oxygen atoms in total. The highest BCUT2D eigenvalue weighted by Gasteiger charge is 2.22. The van der Waals surface area contributed by atoms with Gasteiger partial charge in [-0.05, 0) is 37.6 Å². The average Bonchev–Trinajstić information content (AvgIpc) is 2.61. The summed E-state index contributed by atoms with van der Waals surface area (Å²) in [5, 5.41) is 0. The van der Waals surface area contributed by atoms with Gasteiger partial charge in [-0.25, -0.2) is 0 Å². The number of rotatable bonds is 7. The van der Waals surface area contributed by atoms with Gasteiger partial charge in [-0.2, -0.15) is 0 Å². The van der Waals surface area contributed by atoms with Crippen molar-refractivity contribution in [3.63, 3.8) is 0 Å². The Morgan fingerprint density at radius 3 is 2.81 bits per heavy atom. The van der Waals surface area contributed by atoms with Crippen LogP contribution in [0.2, 0.25) is 19.1 Å². The molecule has 0 spiro atoms. The van der Waals surface area contributed by atoms with Crippen molar-refractivity contribution in [1.29, 1.82) is 0 Å². The van der Waals surface area contributed by atoms with E-state index in [0.717, 1.165) is 13.0 Å². The number of hydrogen-bond donors (Lipinski definition) is 0. The van der Waals surface area contributed by atoms with Gasteiger partial charge in [0.25, 0.3) is 0 Å². The molecule has 0 saturated carbocycles. The molecule has 92 valence electrons. The Kier molecular flexibility index (Phi) is 5.42. The molecule has 0 heterocycles. The summed E-state index contributed by atoms with van der Waals surface area (Å²) >= 11 is 0. The first kappa shape index (κ1) is 13.7. The molecule has 1 aliphatic rings. The summed E-state index contributed by atoms with van der Waals surface area (Å²) in [4.78, 5) is 11.0. The molecule has 0 aromatic carbocycles. The van der Waals surface area contributed by atoms with Gasteiger partial charge in [0.1, 0.15) is 0 Å². The van der Waals surface area contributed by atoms with Gasteiger partial charge >= 0.3 is 0 Å². The van der Waals surface area contributed by atoms with Crippen LogP contribution in [0.3, 0.4) is 0 Å². The van der Waals surface area contributed by atoms with Crippen LogP contribution in [0.25, 0.3) is 0 Å². The average molecular weight is 240 g/mol. The molecule has 3 heteroatoms. The lowest BCUT2D eigenvalue weighted by atomic mass is 10.1. The summed E-state index contributed by atoms with van der Waals surface area (Å²) in [6.07, 6.45) is 7.97. The van der Waals surface area contributed by atoms with Crippen molar-refractivity contribution in [2.75, 3.05) is 6.61 Å². The molecule has 0 aromatic heterocycles. The molecule has 1 unspecified atom stereocenters. The number of unbranched alkanes of at least 4 members (excludes halogenated alkanes) is 1. The first-order valence-corrected chi connectivity index (χ1v) is 9.50. The maximum Gasteiger partial charge on any atom is 0.186 e. The van der Waals surface area contributed by atoms with E-state index in [4.69, 9.17) is 4.43 Å². The van der Waals surface area contributed by atoms with E-state index in [-0.39, 0.29) is 5.78 Å². The minimum atomic E-state index is -1.42. The van der Waals surface area contributed by atoms with Gasteiger partial charge in [-0.1, -0.05) is 25.8 Å². The fraction of sp³-hybridized carbons (Fsp3) is 0.769. The first-order chi connectivity index (χ1) is 7.53. The molecule has 0 amide bonds. The zero-order valence-corrected chi connectivity index (χ0v) is 11.8. The minimum absolute atomic E-state index is 0.271. The van der Waals surface area contributed by atoms with Gasteiger partial charge in [0.2, 0.25) is 0 Å². The van der Waals surface area contributed by atoms with Crippen LogP contribution in [0.1, 0.15) is 32.6 Å². The number of carbonyl (C=O) groups is 1. The van der Waals surface area contributed by atoms with Crippen LogP contribution >= 0.6 is 0 Å². The second-order valence-corrected chi connectivity index (χ2v) is 9.60. The third-order valence-corrected chi connectivity index (χ3v) is 5.67. The lowest BCUT2D eigenvalue weighted by Gasteiger charge is -2.23. The molecule has 0 fully saturated rings. The molecule has 0 bridgehead atoms. The Labute approximate surface area is 100 Å². The Morgan fingerprint density at radius 2 is 2.25 bits per heavy atom. The van der Waals surface area contributed by atoms with E-state index in [2.05, 4.69) is 20.0 Å². The molecule has 1 aliphatic carbocycles. The standard InChI is InChI=1S/C13H24O2Si/c1-4-5-10-16(2,3)15-9-8-12-6-7-13(14)11-12/h6-7,12H,4-5,8-11H2,1-3H3. The maximum atomic E-state index is 11.0. The number of allylic oxidation sites excluding steroid dienone is 2. The van der Waals surface area contributed by atoms with Crippen LogP contribution in [0.4, 0.5) is 0 Å². The summed E-state index contributed by atoms with van der Waals surface area (Å²) in [5.41, 5.74) is 0. The third-order valence-electron chi connectivity index (χ3n) is 3.13. The summed E-state index contributed by atoms with van der Waals surface area (Å²) in [6, 6.07) is 1.25. The SMILES string of the molecule is CCCC[Si](C)(C)OCCC1C=CC(=O)C1. The van der Waals surface area contributed by atoms with Crippen LogP contribution in [0, 0.1) is 5.92 Å². The molecule has 0 N–H and O–H groups in total. The highest BCUT2D eigenvalue weighted by Crippen LogP contribution is 2.20. The van der Waals surface area contributed by atoms with Gasteiger partial charge in [-0.3, -0.25) is 4.79 Å². The summed E-state index contributed by atoms with van der Waals surface area (Å²) in [6.45, 7) is 7.63. The highest BCUT2D eigenvalue weighted by atomic mass is 28.4. The predicted octanol–water partition coefficient (Wildman–Crippen LogP) is 3.54. The van der Waals surface area contributed by atoms with Crippen molar-refractivity contribution in [3.05, 3.63) is 12.2 Å². The number of ketones is 1. The smallest absolute Gasteiger partial charge is 0.186 e. The molecule has 1 atom stereocenters. The van der Waals surface area contributed by atoms with Crippen molar-refractivity contribution in [3.8, 4) is 0 Å². The van der Waals surface area contributed by atoms with Crippen molar-refractivity contribution in [1.82, 2.24) is 0 Å². The molecule has 0 aromatic rings. The van der Waals surface area contributed by atoms with Gasteiger partial charge in [0.15, 0.2) is 14.1 Å². The minimum Gasteiger partial charge on any atom is -0.417 e. The Bertz CT molecular complexity index is 259. The highest BCUT2D eigenvalue weighted by molar-refractivity contribution is 6.71. The second-order valence-electron chi connectivity index (χ2n) is 5.29. The monoisotopic (exact) mass is 240 g/mol. The van der Waals surface area contributed by atoms with E-state index >= 15 is 0 Å². The zero-order valence-electron chi connectivity index (χ0n) is 10.8. The van der Waals surface area contributed by atoms with Crippen LogP contribution in [-0.2, 0) is 9.22 Å². The Hall–Kier alpha value is -0.413. The van der Waals surface area contributed by atoms with E-state index in [1.807, 2.05) is 6.08 Å². The van der Waals surface area contributed by atoms with Crippen LogP contribution in [0.15, 0.2) is 12.2 Å². The quantitative estimate of drug-likeness (QED) is 0.636. The lowest BCUT2D eigenvalue weighted by Crippen LogP contribution is -2.30. The van der Waals surface area contributed by atoms with Crippen LogP contribution in [-0.4, -0.2) is 20.7 Å². The molecular formula is C13H24O2Si. The fourth-order valence-electron chi connectivity index (χ4n) is 2.00. The van der Waals surface area contributed by atoms with Crippen LogP contribution < -0.4 is 0 Å². The number of hydrogen-bond acceptors (Lipinski definition) is 2. The molecule has 1 rings (SSSR count). The second kappa shape index (κ2) is 6.35. The predicted molar refractivity (Wildman–Crippen MR) is 70.0 cm³/mol. The van der Waals surface area contributed by atoms with E-state index in [9.17, 15) is 4.79 Å². The van der Waals surface area contributed by atoms with Gasteiger partial charge < -0.3 is 4.43 Å². The normalized spacial score (nSPS) is 20.7. The molecule has 0 aliphatic heterocycles. The zero-order chi connectivity index (χ0) is 12.0. The first-order valence-electron chi connectivity index (χ1n) is 6.38. The van der Waals surface area contributed by atoms with Crippen molar-refractivity contribution in [2.45, 2.75) is 51.7 Å². The Balaban J connectivity index is 2.14. The summed E-state index contributed by atoms with van der Waals surface area (Å²) in [7, 11) is -1.42. The van der Waals surface area contributed by atoms with Gasteiger partial charge in [-0.15, -0.1) is 0 Å². The molecule has 0 radical (unpaired) electrons. The molecular weight excluding hydrogens is 216 g/mol. The lowest BCUT2D eigenvalue weighted by molar-refractivity contribution is -0.114. The maximum absolute atomic E-state index is 11.0. The summed E-state index contributed by atoms with van der Waals surface area (Å²) in [5.74, 6) is 0.705. The van der Waals surface area contributed by atoms with Gasteiger partial charge in [0, 0.05) is 13.0 Å². The van der Waals surface area contributed by atoms with E-state index in [1.54, 1.807) is 6.08 Å². The van der Waals surface area contributed by atoms with E-state index in [0.29, 0.717) is 12.3 Å². The third kappa shape index (κ3) is 5.08. The van der Waals surface area contributed by atoms with Crippen molar-refractivity contribution < 1.29 is 9.22 Å². The number of carbonyl (C=O) groups excluding carboxylic acids is 1. The fourth-order valence-corrected chi connectivity index (χ4v) is 4.02. The summed E-state index contributed by atoms with van der Waals surface area (Å²) < 4.78 is 6.02. The topological polar surface area (TPSA) is 26.3 Å². The van der Waals surface area contributed by atoms with Gasteiger partial charge in [0.05, 0.1) is 0 Å².